The van der Waals surface area contributed by atoms with Gasteiger partial charge in [0.25, 0.3) is 0 Å². The second-order valence-electron chi connectivity index (χ2n) is 8.08. The minimum absolute atomic E-state index is 0.0950. The fourth-order valence-electron chi connectivity index (χ4n) is 3.09. The van der Waals surface area contributed by atoms with Gasteiger partial charge >= 0.3 is 11.9 Å². The van der Waals surface area contributed by atoms with Crippen molar-refractivity contribution in [3.63, 3.8) is 0 Å². The van der Waals surface area contributed by atoms with Crippen molar-refractivity contribution in [2.45, 2.75) is 75.5 Å². The van der Waals surface area contributed by atoms with Crippen LogP contribution in [0, 0.1) is 0 Å². The van der Waals surface area contributed by atoms with Gasteiger partial charge in [-0.25, -0.2) is 4.79 Å². The molecule has 35 heavy (non-hydrogen) atoms. The topological polar surface area (TPSA) is 240 Å². The molecule has 0 aromatic heterocycles. The van der Waals surface area contributed by atoms with Crippen molar-refractivity contribution in [2.75, 3.05) is 25.1 Å². The molecule has 0 aliphatic rings. The molecule has 0 aliphatic heterocycles. The fourth-order valence-corrected chi connectivity index (χ4v) is 3.58. The van der Waals surface area contributed by atoms with E-state index in [-0.39, 0.29) is 12.8 Å². The first-order valence-electron chi connectivity index (χ1n) is 11.6. The standard InChI is InChI=1S/C21H40N6O7S/c1-35-11-8-13(24)18(30)25-14(6-2-4-9-22)19(31)27-16(12-17(28)29)20(32)26-15(21(33)34)7-3-5-10-23/h13-16H,2-12,22-24H2,1H3,(H,25,30)(H,26,32)(H,27,31)(H,28,29)(H,33,34). The van der Waals surface area contributed by atoms with Crippen molar-refractivity contribution in [2.24, 2.45) is 17.2 Å². The summed E-state index contributed by atoms with van der Waals surface area (Å²) in [5, 5.41) is 25.8. The first-order chi connectivity index (χ1) is 16.6. The summed E-state index contributed by atoms with van der Waals surface area (Å²) in [5.41, 5.74) is 16.8. The van der Waals surface area contributed by atoms with Crippen molar-refractivity contribution in [3.05, 3.63) is 0 Å². The normalized spacial score (nSPS) is 14.3. The predicted molar refractivity (Wildman–Crippen MR) is 132 cm³/mol. The maximum absolute atomic E-state index is 12.9. The Kier molecular flexibility index (Phi) is 17.5. The lowest BCUT2D eigenvalue weighted by Gasteiger charge is -2.24. The molecular formula is C21H40N6O7S. The second-order valence-corrected chi connectivity index (χ2v) is 9.06. The number of hydrogen-bond acceptors (Lipinski definition) is 9. The number of nitrogens with one attached hydrogen (secondary N) is 3. The van der Waals surface area contributed by atoms with E-state index in [1.54, 1.807) is 0 Å². The molecule has 14 heteroatoms. The molecule has 0 rings (SSSR count). The van der Waals surface area contributed by atoms with Crippen LogP contribution in [-0.2, 0) is 24.0 Å². The van der Waals surface area contributed by atoms with E-state index < -0.39 is 60.2 Å². The van der Waals surface area contributed by atoms with Crippen LogP contribution in [0.1, 0.15) is 51.4 Å². The fraction of sp³-hybridized carbons (Fsp3) is 0.762. The average Bonchev–Trinajstić information content (AvgIpc) is 2.80. The van der Waals surface area contributed by atoms with Crippen LogP contribution in [0.4, 0.5) is 0 Å². The van der Waals surface area contributed by atoms with E-state index >= 15 is 0 Å². The van der Waals surface area contributed by atoms with Crippen molar-refractivity contribution < 1.29 is 34.2 Å². The maximum Gasteiger partial charge on any atom is 0.326 e. The van der Waals surface area contributed by atoms with Gasteiger partial charge < -0.3 is 43.4 Å². The molecule has 0 spiro atoms. The Hall–Kier alpha value is -2.42. The van der Waals surface area contributed by atoms with E-state index in [0.29, 0.717) is 50.9 Å². The SMILES string of the molecule is CSCCC(N)C(=O)NC(CCCCN)C(=O)NC(CC(=O)O)C(=O)NC(CCCCN)C(=O)O. The van der Waals surface area contributed by atoms with Crippen LogP contribution in [0.25, 0.3) is 0 Å². The van der Waals surface area contributed by atoms with Gasteiger partial charge in [0, 0.05) is 0 Å². The molecule has 0 fully saturated rings. The van der Waals surface area contributed by atoms with Crippen molar-refractivity contribution in [3.8, 4) is 0 Å². The third kappa shape index (κ3) is 14.5. The molecule has 0 aromatic carbocycles. The summed E-state index contributed by atoms with van der Waals surface area (Å²) in [4.78, 5) is 60.9. The number of aliphatic carboxylic acids is 2. The second kappa shape index (κ2) is 18.9. The van der Waals surface area contributed by atoms with Crippen LogP contribution < -0.4 is 33.2 Å². The molecule has 0 heterocycles. The van der Waals surface area contributed by atoms with Gasteiger partial charge in [-0.05, 0) is 70.0 Å². The molecule has 202 valence electrons. The Bertz CT molecular complexity index is 697. The number of unbranched alkanes of at least 4 members (excludes halogenated alkanes) is 2. The molecule has 0 aliphatic carbocycles. The molecular weight excluding hydrogens is 480 g/mol. The molecule has 0 bridgehead atoms. The summed E-state index contributed by atoms with van der Waals surface area (Å²) in [6, 6.07) is -4.72. The largest absolute Gasteiger partial charge is 0.481 e. The minimum atomic E-state index is -1.55. The molecule has 0 saturated heterocycles. The number of carbonyl (C=O) groups is 5. The van der Waals surface area contributed by atoms with E-state index in [0.717, 1.165) is 0 Å². The van der Waals surface area contributed by atoms with Crippen molar-refractivity contribution in [1.29, 1.82) is 0 Å². The number of carboxylic acids is 2. The highest BCUT2D eigenvalue weighted by atomic mass is 32.2. The molecule has 3 amide bonds. The Morgan fingerprint density at radius 2 is 1.23 bits per heavy atom. The summed E-state index contributed by atoms with van der Waals surface area (Å²) >= 11 is 1.52. The van der Waals surface area contributed by atoms with Gasteiger partial charge in [-0.1, -0.05) is 0 Å². The zero-order chi connectivity index (χ0) is 26.8. The Morgan fingerprint density at radius 1 is 0.743 bits per heavy atom. The molecule has 11 N–H and O–H groups in total. The third-order valence-electron chi connectivity index (χ3n) is 5.12. The number of thioether (sulfide) groups is 1. The maximum atomic E-state index is 12.9. The molecule has 4 unspecified atom stereocenters. The number of amides is 3. The van der Waals surface area contributed by atoms with Crippen LogP contribution in [-0.4, -0.2) is 89.1 Å². The van der Waals surface area contributed by atoms with Crippen LogP contribution in [0.3, 0.4) is 0 Å². The Morgan fingerprint density at radius 3 is 1.71 bits per heavy atom. The minimum Gasteiger partial charge on any atom is -0.481 e. The highest BCUT2D eigenvalue weighted by Gasteiger charge is 2.31. The summed E-state index contributed by atoms with van der Waals surface area (Å²) in [7, 11) is 0. The van der Waals surface area contributed by atoms with E-state index in [4.69, 9.17) is 17.2 Å². The molecule has 0 aromatic rings. The smallest absolute Gasteiger partial charge is 0.326 e. The number of carbonyl (C=O) groups excluding carboxylic acids is 3. The predicted octanol–water partition coefficient (Wildman–Crippen LogP) is -1.66. The van der Waals surface area contributed by atoms with Gasteiger partial charge in [-0.15, -0.1) is 0 Å². The zero-order valence-corrected chi connectivity index (χ0v) is 21.0. The summed E-state index contributed by atoms with van der Waals surface area (Å²) in [6.07, 6.45) is 3.86. The molecule has 0 saturated carbocycles. The zero-order valence-electron chi connectivity index (χ0n) is 20.2. The van der Waals surface area contributed by atoms with Gasteiger partial charge in [-0.2, -0.15) is 11.8 Å². The quantitative estimate of drug-likeness (QED) is 0.0844. The molecule has 0 radical (unpaired) electrons. The first-order valence-corrected chi connectivity index (χ1v) is 13.0. The molecule has 4 atom stereocenters. The average molecular weight is 521 g/mol. The van der Waals surface area contributed by atoms with Gasteiger partial charge in [0.05, 0.1) is 12.5 Å². The highest BCUT2D eigenvalue weighted by Crippen LogP contribution is 2.07. The monoisotopic (exact) mass is 520 g/mol. The van der Waals surface area contributed by atoms with E-state index in [1.807, 2.05) is 6.26 Å². The van der Waals surface area contributed by atoms with E-state index in [9.17, 15) is 34.2 Å². The van der Waals surface area contributed by atoms with Gasteiger partial charge in [0.15, 0.2) is 0 Å². The lowest BCUT2D eigenvalue weighted by atomic mass is 10.1. The Labute approximate surface area is 209 Å². The van der Waals surface area contributed by atoms with Crippen LogP contribution in [0.5, 0.6) is 0 Å². The Balaban J connectivity index is 5.44. The van der Waals surface area contributed by atoms with Crippen LogP contribution >= 0.6 is 11.8 Å². The van der Waals surface area contributed by atoms with Gasteiger partial charge in [-0.3, -0.25) is 19.2 Å². The highest BCUT2D eigenvalue weighted by molar-refractivity contribution is 7.98. The van der Waals surface area contributed by atoms with E-state index in [1.165, 1.54) is 11.8 Å². The summed E-state index contributed by atoms with van der Waals surface area (Å²) in [5.74, 6) is -4.29. The summed E-state index contributed by atoms with van der Waals surface area (Å²) in [6.45, 7) is 0.733. The van der Waals surface area contributed by atoms with E-state index in [2.05, 4.69) is 16.0 Å². The number of rotatable bonds is 20. The van der Waals surface area contributed by atoms with Crippen molar-refractivity contribution >= 4 is 41.4 Å². The van der Waals surface area contributed by atoms with Crippen LogP contribution in [0.2, 0.25) is 0 Å². The number of carboxylic acid groups (broad SMARTS) is 2. The number of hydrogen-bond donors (Lipinski definition) is 8. The summed E-state index contributed by atoms with van der Waals surface area (Å²) < 4.78 is 0. The number of nitrogens with two attached hydrogens (primary N) is 3. The van der Waals surface area contributed by atoms with Gasteiger partial charge in [0.1, 0.15) is 18.1 Å². The van der Waals surface area contributed by atoms with Gasteiger partial charge in [0.2, 0.25) is 17.7 Å². The third-order valence-corrected chi connectivity index (χ3v) is 5.77. The molecule has 13 nitrogen and oxygen atoms in total. The van der Waals surface area contributed by atoms with Crippen molar-refractivity contribution in [1.82, 2.24) is 16.0 Å². The lowest BCUT2D eigenvalue weighted by Crippen LogP contribution is -2.57. The first kappa shape index (κ1) is 32.6. The lowest BCUT2D eigenvalue weighted by molar-refractivity contribution is -0.143. The van der Waals surface area contributed by atoms with Crippen LogP contribution in [0.15, 0.2) is 0 Å².